The minimum atomic E-state index is -0.526. The van der Waals surface area contributed by atoms with E-state index in [2.05, 4.69) is 12.2 Å². The van der Waals surface area contributed by atoms with Crippen molar-refractivity contribution in [3.63, 3.8) is 0 Å². The van der Waals surface area contributed by atoms with Crippen LogP contribution in [0.25, 0.3) is 0 Å². The molecule has 19 heavy (non-hydrogen) atoms. The Labute approximate surface area is 112 Å². The van der Waals surface area contributed by atoms with Gasteiger partial charge >= 0.3 is 0 Å². The average molecular weight is 259 g/mol. The minimum absolute atomic E-state index is 0.106. The number of hydrogen-bond acceptors (Lipinski definition) is 4. The van der Waals surface area contributed by atoms with Gasteiger partial charge in [-0.05, 0) is 30.4 Å². The molecule has 2 rings (SSSR count). The van der Waals surface area contributed by atoms with Gasteiger partial charge in [0, 0.05) is 18.3 Å². The lowest BCUT2D eigenvalue weighted by atomic mass is 9.98. The predicted octanol–water partition coefficient (Wildman–Crippen LogP) is 3.31. The van der Waals surface area contributed by atoms with Crippen molar-refractivity contribution >= 4 is 11.4 Å². The van der Waals surface area contributed by atoms with Crippen LogP contribution < -0.4 is 5.32 Å². The fraction of sp³-hybridized carbons (Fsp3) is 0.500. The molecule has 100 valence electrons. The standard InChI is InChI=1S/C14H17N3O2/c1-10-3-2-4-11(10)9-16-13-5-6-14(17(18)19)12(7-13)8-15/h5-7,10-11,16H,2-4,9H2,1H3. The monoisotopic (exact) mass is 259 g/mol. The third kappa shape index (κ3) is 3.02. The Morgan fingerprint density at radius 3 is 2.89 bits per heavy atom. The van der Waals surface area contributed by atoms with E-state index < -0.39 is 4.92 Å². The number of anilines is 1. The maximum absolute atomic E-state index is 10.7. The Morgan fingerprint density at radius 1 is 1.53 bits per heavy atom. The summed E-state index contributed by atoms with van der Waals surface area (Å²) in [5.74, 6) is 1.38. The second kappa shape index (κ2) is 5.70. The van der Waals surface area contributed by atoms with Gasteiger partial charge in [0.25, 0.3) is 5.69 Å². The maximum atomic E-state index is 10.7. The molecule has 1 aromatic carbocycles. The van der Waals surface area contributed by atoms with Gasteiger partial charge < -0.3 is 5.32 Å². The van der Waals surface area contributed by atoms with Gasteiger partial charge in [-0.2, -0.15) is 5.26 Å². The fourth-order valence-electron chi connectivity index (χ4n) is 2.67. The van der Waals surface area contributed by atoms with E-state index in [1.165, 1.54) is 25.3 Å². The molecule has 0 aromatic heterocycles. The van der Waals surface area contributed by atoms with Crippen LogP contribution in [0.1, 0.15) is 31.7 Å². The number of rotatable bonds is 4. The van der Waals surface area contributed by atoms with Crippen molar-refractivity contribution in [2.45, 2.75) is 26.2 Å². The van der Waals surface area contributed by atoms with Crippen molar-refractivity contribution in [3.05, 3.63) is 33.9 Å². The van der Waals surface area contributed by atoms with Gasteiger partial charge in [0.1, 0.15) is 11.6 Å². The smallest absolute Gasteiger partial charge is 0.287 e. The zero-order chi connectivity index (χ0) is 13.8. The first-order valence-corrected chi connectivity index (χ1v) is 6.54. The molecular formula is C14H17N3O2. The molecule has 0 saturated heterocycles. The molecule has 1 aromatic rings. The highest BCUT2D eigenvalue weighted by Crippen LogP contribution is 2.31. The molecule has 0 spiro atoms. The van der Waals surface area contributed by atoms with Crippen LogP contribution in [0.4, 0.5) is 11.4 Å². The fourth-order valence-corrected chi connectivity index (χ4v) is 2.67. The molecule has 0 aliphatic heterocycles. The molecule has 0 radical (unpaired) electrons. The lowest BCUT2D eigenvalue weighted by molar-refractivity contribution is -0.385. The number of benzene rings is 1. The second-order valence-corrected chi connectivity index (χ2v) is 5.15. The molecule has 0 amide bonds. The van der Waals surface area contributed by atoms with E-state index in [0.29, 0.717) is 5.92 Å². The average Bonchev–Trinajstić information content (AvgIpc) is 2.81. The first kappa shape index (κ1) is 13.3. The summed E-state index contributed by atoms with van der Waals surface area (Å²) in [5, 5.41) is 23.0. The Bertz CT molecular complexity index is 522. The summed E-state index contributed by atoms with van der Waals surface area (Å²) in [6, 6.07) is 6.48. The maximum Gasteiger partial charge on any atom is 0.287 e. The van der Waals surface area contributed by atoms with Gasteiger partial charge in [-0.1, -0.05) is 19.8 Å². The van der Waals surface area contributed by atoms with E-state index in [-0.39, 0.29) is 11.3 Å². The van der Waals surface area contributed by atoms with Crippen LogP contribution in [0.2, 0.25) is 0 Å². The van der Waals surface area contributed by atoms with Gasteiger partial charge in [0.05, 0.1) is 4.92 Å². The third-order valence-corrected chi connectivity index (χ3v) is 3.92. The van der Waals surface area contributed by atoms with E-state index >= 15 is 0 Å². The molecule has 0 heterocycles. The lowest BCUT2D eigenvalue weighted by Crippen LogP contribution is -2.16. The summed E-state index contributed by atoms with van der Waals surface area (Å²) in [6.45, 7) is 3.12. The predicted molar refractivity (Wildman–Crippen MR) is 72.8 cm³/mol. The third-order valence-electron chi connectivity index (χ3n) is 3.92. The zero-order valence-corrected chi connectivity index (χ0v) is 10.9. The van der Waals surface area contributed by atoms with Crippen LogP contribution in [0, 0.1) is 33.3 Å². The number of nitro groups is 1. The van der Waals surface area contributed by atoms with E-state index in [1.54, 1.807) is 12.1 Å². The minimum Gasteiger partial charge on any atom is -0.385 e. The lowest BCUT2D eigenvalue weighted by Gasteiger charge is -2.16. The normalized spacial score (nSPS) is 21.9. The molecule has 1 N–H and O–H groups in total. The highest BCUT2D eigenvalue weighted by molar-refractivity contribution is 5.58. The summed E-state index contributed by atoms with van der Waals surface area (Å²) >= 11 is 0. The van der Waals surface area contributed by atoms with E-state index in [1.807, 2.05) is 6.07 Å². The highest BCUT2D eigenvalue weighted by atomic mass is 16.6. The van der Waals surface area contributed by atoms with Gasteiger partial charge in [0.15, 0.2) is 0 Å². The molecule has 1 fully saturated rings. The Balaban J connectivity index is 2.05. The highest BCUT2D eigenvalue weighted by Gasteiger charge is 2.23. The first-order chi connectivity index (χ1) is 9.11. The topological polar surface area (TPSA) is 79.0 Å². The summed E-state index contributed by atoms with van der Waals surface area (Å²) in [4.78, 5) is 10.2. The van der Waals surface area contributed by atoms with Crippen molar-refractivity contribution in [1.82, 2.24) is 0 Å². The van der Waals surface area contributed by atoms with Crippen molar-refractivity contribution < 1.29 is 4.92 Å². The number of nitriles is 1. The van der Waals surface area contributed by atoms with Crippen LogP contribution in [0.3, 0.4) is 0 Å². The Hall–Kier alpha value is -2.09. The quantitative estimate of drug-likeness (QED) is 0.664. The summed E-state index contributed by atoms with van der Waals surface area (Å²) in [6.07, 6.45) is 3.78. The first-order valence-electron chi connectivity index (χ1n) is 6.54. The van der Waals surface area contributed by atoms with Crippen LogP contribution >= 0.6 is 0 Å². The molecule has 1 aliphatic rings. The van der Waals surface area contributed by atoms with Gasteiger partial charge in [-0.15, -0.1) is 0 Å². The van der Waals surface area contributed by atoms with Crippen molar-refractivity contribution in [3.8, 4) is 6.07 Å². The van der Waals surface area contributed by atoms with E-state index in [9.17, 15) is 10.1 Å². The molecule has 0 bridgehead atoms. The SMILES string of the molecule is CC1CCCC1CNc1ccc([N+](=O)[O-])c(C#N)c1. The molecule has 2 unspecified atom stereocenters. The van der Waals surface area contributed by atoms with Crippen molar-refractivity contribution in [2.75, 3.05) is 11.9 Å². The number of nitrogens with one attached hydrogen (secondary N) is 1. The summed E-state index contributed by atoms with van der Waals surface area (Å²) in [7, 11) is 0. The van der Waals surface area contributed by atoms with Crippen LogP contribution in [-0.4, -0.2) is 11.5 Å². The van der Waals surface area contributed by atoms with Crippen LogP contribution in [0.5, 0.6) is 0 Å². The largest absolute Gasteiger partial charge is 0.385 e. The van der Waals surface area contributed by atoms with E-state index in [4.69, 9.17) is 5.26 Å². The second-order valence-electron chi connectivity index (χ2n) is 5.15. The zero-order valence-electron chi connectivity index (χ0n) is 10.9. The number of hydrogen-bond donors (Lipinski definition) is 1. The Morgan fingerprint density at radius 2 is 2.32 bits per heavy atom. The Kier molecular flexibility index (Phi) is 4.00. The number of nitrogens with zero attached hydrogens (tertiary/aromatic N) is 2. The van der Waals surface area contributed by atoms with Crippen LogP contribution in [0.15, 0.2) is 18.2 Å². The van der Waals surface area contributed by atoms with Crippen molar-refractivity contribution in [1.29, 1.82) is 5.26 Å². The van der Waals surface area contributed by atoms with Gasteiger partial charge in [0.2, 0.25) is 0 Å². The number of nitro benzene ring substituents is 1. The molecule has 5 heteroatoms. The molecule has 5 nitrogen and oxygen atoms in total. The van der Waals surface area contributed by atoms with Crippen molar-refractivity contribution in [2.24, 2.45) is 11.8 Å². The molecule has 1 aliphatic carbocycles. The molecule has 1 saturated carbocycles. The summed E-state index contributed by atoms with van der Waals surface area (Å²) < 4.78 is 0. The van der Waals surface area contributed by atoms with Gasteiger partial charge in [-0.3, -0.25) is 10.1 Å². The summed E-state index contributed by atoms with van der Waals surface area (Å²) in [5.41, 5.74) is 0.748. The van der Waals surface area contributed by atoms with Crippen LogP contribution in [-0.2, 0) is 0 Å². The van der Waals surface area contributed by atoms with E-state index in [0.717, 1.165) is 18.2 Å². The van der Waals surface area contributed by atoms with Gasteiger partial charge in [-0.25, -0.2) is 0 Å². The molecular weight excluding hydrogens is 242 g/mol. The molecule has 2 atom stereocenters.